The van der Waals surface area contributed by atoms with Gasteiger partial charge < -0.3 is 19.3 Å². The molecule has 4 aromatic rings. The number of hydrogen-bond donors (Lipinski definition) is 1. The van der Waals surface area contributed by atoms with E-state index in [1.807, 2.05) is 36.4 Å². The Labute approximate surface area is 236 Å². The summed E-state index contributed by atoms with van der Waals surface area (Å²) in [7, 11) is 2.86. The van der Waals surface area contributed by atoms with E-state index in [4.69, 9.17) is 25.8 Å². The Morgan fingerprint density at radius 2 is 1.48 bits per heavy atom. The van der Waals surface area contributed by atoms with E-state index in [-0.39, 0.29) is 27.7 Å². The van der Waals surface area contributed by atoms with Crippen LogP contribution in [0, 0.1) is 0 Å². The van der Waals surface area contributed by atoms with Crippen molar-refractivity contribution in [1.29, 1.82) is 0 Å². The number of rotatable bonds is 8. The number of hydrogen-bond acceptors (Lipinski definition) is 6. The predicted molar refractivity (Wildman–Crippen MR) is 153 cm³/mol. The molecule has 4 aromatic carbocycles. The van der Waals surface area contributed by atoms with Crippen LogP contribution < -0.4 is 19.1 Å². The van der Waals surface area contributed by atoms with Gasteiger partial charge in [-0.1, -0.05) is 72.3 Å². The van der Waals surface area contributed by atoms with Crippen LogP contribution in [0.4, 0.5) is 5.69 Å². The van der Waals surface area contributed by atoms with Crippen molar-refractivity contribution >= 4 is 34.7 Å². The zero-order valence-corrected chi connectivity index (χ0v) is 22.6. The Kier molecular flexibility index (Phi) is 7.75. The van der Waals surface area contributed by atoms with Gasteiger partial charge >= 0.3 is 0 Å². The standard InChI is InChI=1S/C32H26ClNO6/c1-38-26-18-25(33)27(39-2)17-24(26)30(35)28-29(34(32(37)31(28)36)22-11-7-4-8-12-22)21-13-15-23(16-14-21)40-19-20-9-5-3-6-10-20/h3-18,29,35H,19H2,1-2H3/b30-28+. The van der Waals surface area contributed by atoms with Gasteiger partial charge in [-0.25, -0.2) is 0 Å². The summed E-state index contributed by atoms with van der Waals surface area (Å²) in [6.07, 6.45) is 0. The van der Waals surface area contributed by atoms with Gasteiger partial charge in [0.1, 0.15) is 29.6 Å². The lowest BCUT2D eigenvalue weighted by atomic mass is 9.94. The fourth-order valence-electron chi connectivity index (χ4n) is 4.68. The zero-order chi connectivity index (χ0) is 28.2. The number of Topliss-reactive ketones (excluding diaryl/α,β-unsaturated/α-hetero) is 1. The number of amides is 1. The van der Waals surface area contributed by atoms with Crippen LogP contribution in [-0.4, -0.2) is 31.0 Å². The highest BCUT2D eigenvalue weighted by Crippen LogP contribution is 2.45. The van der Waals surface area contributed by atoms with E-state index in [0.29, 0.717) is 23.6 Å². The summed E-state index contributed by atoms with van der Waals surface area (Å²) >= 11 is 6.26. The van der Waals surface area contributed by atoms with Crippen LogP contribution in [0.1, 0.15) is 22.7 Å². The number of carbonyl (C=O) groups excluding carboxylic acids is 2. The molecule has 1 atom stereocenters. The fourth-order valence-corrected chi connectivity index (χ4v) is 4.91. The summed E-state index contributed by atoms with van der Waals surface area (Å²) < 4.78 is 16.7. The van der Waals surface area contributed by atoms with Crippen molar-refractivity contribution in [1.82, 2.24) is 0 Å². The van der Waals surface area contributed by atoms with Crippen LogP contribution in [0.15, 0.2) is 103 Å². The Hall–Kier alpha value is -4.75. The summed E-state index contributed by atoms with van der Waals surface area (Å²) in [4.78, 5) is 28.3. The van der Waals surface area contributed by atoms with Gasteiger partial charge in [-0.05, 0) is 41.5 Å². The first-order valence-electron chi connectivity index (χ1n) is 12.5. The number of carbonyl (C=O) groups is 2. The first kappa shape index (κ1) is 26.8. The van der Waals surface area contributed by atoms with E-state index in [2.05, 4.69) is 0 Å². The molecule has 0 bridgehead atoms. The van der Waals surface area contributed by atoms with Gasteiger partial charge in [0.2, 0.25) is 0 Å². The van der Waals surface area contributed by atoms with Crippen LogP contribution in [0.3, 0.4) is 0 Å². The molecular weight excluding hydrogens is 530 g/mol. The average Bonchev–Trinajstić information content (AvgIpc) is 3.26. The minimum Gasteiger partial charge on any atom is -0.507 e. The maximum atomic E-state index is 13.5. The zero-order valence-electron chi connectivity index (χ0n) is 21.8. The van der Waals surface area contributed by atoms with Crippen molar-refractivity contribution in [3.8, 4) is 17.2 Å². The van der Waals surface area contributed by atoms with Gasteiger partial charge in [0.05, 0.1) is 36.4 Å². The van der Waals surface area contributed by atoms with Gasteiger partial charge in [-0.3, -0.25) is 14.5 Å². The van der Waals surface area contributed by atoms with E-state index >= 15 is 0 Å². The van der Waals surface area contributed by atoms with Gasteiger partial charge in [-0.2, -0.15) is 0 Å². The molecule has 1 fully saturated rings. The second kappa shape index (κ2) is 11.6. The van der Waals surface area contributed by atoms with Crippen molar-refractivity contribution < 1.29 is 28.9 Å². The highest BCUT2D eigenvalue weighted by Gasteiger charge is 2.47. The highest BCUT2D eigenvalue weighted by molar-refractivity contribution is 6.51. The van der Waals surface area contributed by atoms with Gasteiger partial charge in [0, 0.05) is 11.8 Å². The molecule has 1 saturated heterocycles. The molecule has 7 nitrogen and oxygen atoms in total. The number of anilines is 1. The number of ketones is 1. The SMILES string of the molecule is COc1cc(/C(O)=C2\C(=O)C(=O)N(c3ccccc3)C2c2ccc(OCc3ccccc3)cc2)c(OC)cc1Cl. The van der Waals surface area contributed by atoms with E-state index in [9.17, 15) is 14.7 Å². The maximum absolute atomic E-state index is 13.5. The smallest absolute Gasteiger partial charge is 0.300 e. The van der Waals surface area contributed by atoms with Gasteiger partial charge in [-0.15, -0.1) is 0 Å². The number of nitrogens with zero attached hydrogens (tertiary/aromatic N) is 1. The van der Waals surface area contributed by atoms with Gasteiger partial charge in [0.25, 0.3) is 11.7 Å². The second-order valence-electron chi connectivity index (χ2n) is 9.03. The molecular formula is C32H26ClNO6. The number of aliphatic hydroxyl groups is 1. The van der Waals surface area contributed by atoms with Crippen molar-refractivity contribution in [3.63, 3.8) is 0 Å². The first-order valence-corrected chi connectivity index (χ1v) is 12.9. The maximum Gasteiger partial charge on any atom is 0.300 e. The average molecular weight is 556 g/mol. The van der Waals surface area contributed by atoms with Crippen molar-refractivity contribution in [2.24, 2.45) is 0 Å². The lowest BCUT2D eigenvalue weighted by Gasteiger charge is -2.25. The summed E-state index contributed by atoms with van der Waals surface area (Å²) in [5.41, 5.74) is 2.23. The molecule has 0 spiro atoms. The fraction of sp³-hybridized carbons (Fsp3) is 0.125. The van der Waals surface area contributed by atoms with Crippen molar-refractivity contribution in [3.05, 3.63) is 124 Å². The van der Waals surface area contributed by atoms with E-state index in [1.165, 1.54) is 31.3 Å². The van der Waals surface area contributed by atoms with Crippen LogP contribution in [-0.2, 0) is 16.2 Å². The predicted octanol–water partition coefficient (Wildman–Crippen LogP) is 6.56. The molecule has 1 heterocycles. The lowest BCUT2D eigenvalue weighted by Crippen LogP contribution is -2.29. The van der Waals surface area contributed by atoms with Crippen LogP contribution in [0.5, 0.6) is 17.2 Å². The molecule has 0 aliphatic carbocycles. The third-order valence-electron chi connectivity index (χ3n) is 6.65. The van der Waals surface area contributed by atoms with Crippen LogP contribution in [0.25, 0.3) is 5.76 Å². The largest absolute Gasteiger partial charge is 0.507 e. The molecule has 1 aliphatic rings. The van der Waals surface area contributed by atoms with Gasteiger partial charge in [0.15, 0.2) is 0 Å². The Morgan fingerprint density at radius 3 is 2.10 bits per heavy atom. The minimum absolute atomic E-state index is 0.0884. The van der Waals surface area contributed by atoms with Crippen LogP contribution in [0.2, 0.25) is 5.02 Å². The Bertz CT molecular complexity index is 1570. The molecule has 1 N–H and O–H groups in total. The normalized spacial score (nSPS) is 16.2. The van der Waals surface area contributed by atoms with Crippen LogP contribution >= 0.6 is 11.6 Å². The number of halogens is 1. The molecule has 1 amide bonds. The number of benzene rings is 4. The van der Waals surface area contributed by atoms with E-state index < -0.39 is 23.5 Å². The molecule has 0 saturated carbocycles. The molecule has 8 heteroatoms. The highest BCUT2D eigenvalue weighted by atomic mass is 35.5. The van der Waals surface area contributed by atoms with E-state index in [1.54, 1.807) is 48.5 Å². The summed E-state index contributed by atoms with van der Waals surface area (Å²) in [6.45, 7) is 0.390. The minimum atomic E-state index is -0.919. The number of ether oxygens (including phenoxy) is 3. The Balaban J connectivity index is 1.60. The summed E-state index contributed by atoms with van der Waals surface area (Å²) in [5.74, 6) is -0.879. The molecule has 1 aliphatic heterocycles. The number of para-hydroxylation sites is 1. The third kappa shape index (κ3) is 5.11. The number of methoxy groups -OCH3 is 2. The first-order chi connectivity index (χ1) is 19.4. The molecule has 40 heavy (non-hydrogen) atoms. The molecule has 0 radical (unpaired) electrons. The summed E-state index contributed by atoms with van der Waals surface area (Å²) in [5, 5.41) is 11.8. The second-order valence-corrected chi connectivity index (χ2v) is 9.44. The molecule has 0 aromatic heterocycles. The quantitative estimate of drug-likeness (QED) is 0.150. The van der Waals surface area contributed by atoms with E-state index in [0.717, 1.165) is 5.56 Å². The molecule has 5 rings (SSSR count). The lowest BCUT2D eigenvalue weighted by molar-refractivity contribution is -0.132. The third-order valence-corrected chi connectivity index (χ3v) is 6.95. The van der Waals surface area contributed by atoms with Crippen molar-refractivity contribution in [2.45, 2.75) is 12.6 Å². The van der Waals surface area contributed by atoms with Crippen molar-refractivity contribution in [2.75, 3.05) is 19.1 Å². The number of aliphatic hydroxyl groups excluding tert-OH is 1. The summed E-state index contributed by atoms with van der Waals surface area (Å²) in [6, 6.07) is 27.8. The molecule has 1 unspecified atom stereocenters. The topological polar surface area (TPSA) is 85.3 Å². The Morgan fingerprint density at radius 1 is 0.850 bits per heavy atom. The monoisotopic (exact) mass is 555 g/mol. The molecule has 202 valence electrons.